The van der Waals surface area contributed by atoms with Gasteiger partial charge in [0.25, 0.3) is 0 Å². The molecule has 1 rings (SSSR count). The SMILES string of the molecule is COCCN(CCBr)Cc1ccccc1Cl. The summed E-state index contributed by atoms with van der Waals surface area (Å²) in [6, 6.07) is 7.97. The number of methoxy groups -OCH3 is 1. The van der Waals surface area contributed by atoms with Crippen molar-refractivity contribution in [3.63, 3.8) is 0 Å². The highest BCUT2D eigenvalue weighted by atomic mass is 79.9. The number of hydrogen-bond donors (Lipinski definition) is 0. The summed E-state index contributed by atoms with van der Waals surface area (Å²) in [5, 5.41) is 1.79. The number of rotatable bonds is 7. The molecule has 0 atom stereocenters. The first-order valence-corrected chi connectivity index (χ1v) is 6.78. The molecule has 0 spiro atoms. The summed E-state index contributed by atoms with van der Waals surface area (Å²) < 4.78 is 5.10. The Balaban J connectivity index is 2.56. The lowest BCUT2D eigenvalue weighted by atomic mass is 10.2. The van der Waals surface area contributed by atoms with Gasteiger partial charge in [0.2, 0.25) is 0 Å². The molecule has 16 heavy (non-hydrogen) atoms. The molecular weight excluding hydrogens is 289 g/mol. The Morgan fingerprint density at radius 2 is 2.06 bits per heavy atom. The lowest BCUT2D eigenvalue weighted by Gasteiger charge is -2.21. The zero-order valence-corrected chi connectivity index (χ0v) is 11.8. The van der Waals surface area contributed by atoms with Gasteiger partial charge < -0.3 is 4.74 Å². The number of ether oxygens (including phenoxy) is 1. The van der Waals surface area contributed by atoms with Crippen molar-refractivity contribution in [1.82, 2.24) is 4.90 Å². The van der Waals surface area contributed by atoms with Crippen LogP contribution in [-0.2, 0) is 11.3 Å². The molecule has 0 bridgehead atoms. The van der Waals surface area contributed by atoms with Gasteiger partial charge in [-0.2, -0.15) is 0 Å². The van der Waals surface area contributed by atoms with Crippen LogP contribution < -0.4 is 0 Å². The van der Waals surface area contributed by atoms with Crippen LogP contribution >= 0.6 is 27.5 Å². The van der Waals surface area contributed by atoms with Crippen LogP contribution in [0.5, 0.6) is 0 Å². The molecule has 0 N–H and O–H groups in total. The van der Waals surface area contributed by atoms with Gasteiger partial charge in [-0.05, 0) is 11.6 Å². The summed E-state index contributed by atoms with van der Waals surface area (Å²) in [6.07, 6.45) is 0. The largest absolute Gasteiger partial charge is 0.383 e. The molecule has 0 amide bonds. The summed E-state index contributed by atoms with van der Waals surface area (Å²) in [5.41, 5.74) is 1.17. The lowest BCUT2D eigenvalue weighted by Crippen LogP contribution is -2.28. The van der Waals surface area contributed by atoms with E-state index < -0.39 is 0 Å². The quantitative estimate of drug-likeness (QED) is 0.717. The fourth-order valence-corrected chi connectivity index (χ4v) is 2.17. The van der Waals surface area contributed by atoms with E-state index in [1.807, 2.05) is 18.2 Å². The summed E-state index contributed by atoms with van der Waals surface area (Å²) in [4.78, 5) is 2.32. The summed E-state index contributed by atoms with van der Waals surface area (Å²) in [5.74, 6) is 0. The topological polar surface area (TPSA) is 12.5 Å². The van der Waals surface area contributed by atoms with Crippen molar-refractivity contribution in [1.29, 1.82) is 0 Å². The van der Waals surface area contributed by atoms with Crippen LogP contribution in [-0.4, -0.2) is 37.0 Å². The molecule has 0 aliphatic carbocycles. The molecule has 0 saturated carbocycles. The number of nitrogens with zero attached hydrogens (tertiary/aromatic N) is 1. The Hall–Kier alpha value is -0.0900. The molecule has 4 heteroatoms. The smallest absolute Gasteiger partial charge is 0.0589 e. The van der Waals surface area contributed by atoms with E-state index >= 15 is 0 Å². The number of benzene rings is 1. The van der Waals surface area contributed by atoms with E-state index in [0.29, 0.717) is 0 Å². The second-order valence-electron chi connectivity index (χ2n) is 3.55. The molecule has 0 aliphatic heterocycles. The zero-order chi connectivity index (χ0) is 11.8. The zero-order valence-electron chi connectivity index (χ0n) is 9.46. The fraction of sp³-hybridized carbons (Fsp3) is 0.500. The molecule has 0 aromatic heterocycles. The van der Waals surface area contributed by atoms with E-state index in [4.69, 9.17) is 16.3 Å². The van der Waals surface area contributed by atoms with E-state index in [1.54, 1.807) is 7.11 Å². The third-order valence-corrected chi connectivity index (χ3v) is 3.09. The van der Waals surface area contributed by atoms with Crippen molar-refractivity contribution >= 4 is 27.5 Å². The van der Waals surface area contributed by atoms with Crippen molar-refractivity contribution in [2.24, 2.45) is 0 Å². The molecule has 1 aromatic rings. The number of hydrogen-bond acceptors (Lipinski definition) is 2. The average Bonchev–Trinajstić information content (AvgIpc) is 2.29. The third-order valence-electron chi connectivity index (χ3n) is 2.36. The van der Waals surface area contributed by atoms with Crippen molar-refractivity contribution in [2.75, 3.05) is 32.1 Å². The van der Waals surface area contributed by atoms with Crippen LogP contribution in [0, 0.1) is 0 Å². The van der Waals surface area contributed by atoms with Crippen LogP contribution in [0.3, 0.4) is 0 Å². The van der Waals surface area contributed by atoms with Crippen LogP contribution in [0.25, 0.3) is 0 Å². The van der Waals surface area contributed by atoms with Crippen LogP contribution in [0.15, 0.2) is 24.3 Å². The summed E-state index contributed by atoms with van der Waals surface area (Å²) >= 11 is 9.59. The second-order valence-corrected chi connectivity index (χ2v) is 4.75. The van der Waals surface area contributed by atoms with Gasteiger partial charge in [-0.1, -0.05) is 45.7 Å². The first-order chi connectivity index (χ1) is 7.77. The van der Waals surface area contributed by atoms with Gasteiger partial charge in [-0.15, -0.1) is 0 Å². The van der Waals surface area contributed by atoms with Crippen molar-refractivity contribution in [2.45, 2.75) is 6.54 Å². The van der Waals surface area contributed by atoms with Gasteiger partial charge >= 0.3 is 0 Å². The van der Waals surface area contributed by atoms with Crippen LogP contribution in [0.1, 0.15) is 5.56 Å². The van der Waals surface area contributed by atoms with Gasteiger partial charge in [-0.3, -0.25) is 4.90 Å². The van der Waals surface area contributed by atoms with Crippen molar-refractivity contribution in [3.8, 4) is 0 Å². The lowest BCUT2D eigenvalue weighted by molar-refractivity contribution is 0.148. The molecule has 2 nitrogen and oxygen atoms in total. The fourth-order valence-electron chi connectivity index (χ4n) is 1.48. The van der Waals surface area contributed by atoms with E-state index in [-0.39, 0.29) is 0 Å². The summed E-state index contributed by atoms with van der Waals surface area (Å²) in [7, 11) is 1.72. The van der Waals surface area contributed by atoms with E-state index in [2.05, 4.69) is 26.9 Å². The number of halogens is 2. The minimum Gasteiger partial charge on any atom is -0.383 e. The molecule has 0 radical (unpaired) electrons. The van der Waals surface area contributed by atoms with Gasteiger partial charge in [0.05, 0.1) is 6.61 Å². The molecule has 0 saturated heterocycles. The second kappa shape index (κ2) is 8.07. The average molecular weight is 307 g/mol. The molecular formula is C12H17BrClNO. The maximum absolute atomic E-state index is 6.13. The Morgan fingerprint density at radius 1 is 1.31 bits per heavy atom. The monoisotopic (exact) mass is 305 g/mol. The van der Waals surface area contributed by atoms with Gasteiger partial charge in [-0.25, -0.2) is 0 Å². The third kappa shape index (κ3) is 4.83. The summed E-state index contributed by atoms with van der Waals surface area (Å²) in [6.45, 7) is 3.54. The minimum absolute atomic E-state index is 0.747. The van der Waals surface area contributed by atoms with Gasteiger partial charge in [0, 0.05) is 37.1 Å². The van der Waals surface area contributed by atoms with E-state index in [1.165, 1.54) is 5.56 Å². The van der Waals surface area contributed by atoms with Crippen molar-refractivity contribution < 1.29 is 4.74 Å². The van der Waals surface area contributed by atoms with Gasteiger partial charge in [0.1, 0.15) is 0 Å². The first-order valence-electron chi connectivity index (χ1n) is 5.28. The molecule has 0 heterocycles. The Morgan fingerprint density at radius 3 is 2.69 bits per heavy atom. The number of alkyl halides is 1. The van der Waals surface area contributed by atoms with E-state index in [9.17, 15) is 0 Å². The van der Waals surface area contributed by atoms with Gasteiger partial charge in [0.15, 0.2) is 0 Å². The van der Waals surface area contributed by atoms with E-state index in [0.717, 1.165) is 36.6 Å². The standard InChI is InChI=1S/C12H17BrClNO/c1-16-9-8-15(7-6-13)10-11-4-2-3-5-12(11)14/h2-5H,6-10H2,1H3. The Labute approximate surface area is 111 Å². The van der Waals surface area contributed by atoms with Crippen LogP contribution in [0.4, 0.5) is 0 Å². The predicted molar refractivity (Wildman–Crippen MR) is 72.4 cm³/mol. The van der Waals surface area contributed by atoms with Crippen molar-refractivity contribution in [3.05, 3.63) is 34.9 Å². The highest BCUT2D eigenvalue weighted by Crippen LogP contribution is 2.16. The first kappa shape index (κ1) is 14.0. The normalized spacial score (nSPS) is 11.0. The Kier molecular flexibility index (Phi) is 7.05. The minimum atomic E-state index is 0.747. The van der Waals surface area contributed by atoms with Crippen LogP contribution in [0.2, 0.25) is 5.02 Å². The molecule has 1 aromatic carbocycles. The Bertz CT molecular complexity index is 309. The highest BCUT2D eigenvalue weighted by molar-refractivity contribution is 9.09. The maximum Gasteiger partial charge on any atom is 0.0589 e. The molecule has 90 valence electrons. The molecule has 0 fully saturated rings. The predicted octanol–water partition coefficient (Wildman–Crippen LogP) is 3.18. The molecule has 0 aliphatic rings. The highest BCUT2D eigenvalue weighted by Gasteiger charge is 2.07. The molecule has 0 unspecified atom stereocenters. The maximum atomic E-state index is 6.13.